The van der Waals surface area contributed by atoms with E-state index in [9.17, 15) is 34.5 Å². The first kappa shape index (κ1) is 53.8. The van der Waals surface area contributed by atoms with Crippen molar-refractivity contribution in [3.05, 3.63) is 131 Å². The molecule has 2 heterocycles. The first-order chi connectivity index (χ1) is 34.1. The lowest BCUT2D eigenvalue weighted by Gasteiger charge is -2.35. The normalized spacial score (nSPS) is 15.4. The zero-order valence-electron chi connectivity index (χ0n) is 41.8. The predicted molar refractivity (Wildman–Crippen MR) is 281 cm³/mol. The molecule has 1 saturated heterocycles. The van der Waals surface area contributed by atoms with Crippen LogP contribution in [-0.4, -0.2) is 86.7 Å². The van der Waals surface area contributed by atoms with Crippen LogP contribution >= 0.6 is 11.3 Å². The number of benzene rings is 4. The molecule has 5 aromatic rings. The van der Waals surface area contributed by atoms with E-state index in [1.807, 2.05) is 106 Å². The third kappa shape index (κ3) is 15.7. The van der Waals surface area contributed by atoms with Crippen molar-refractivity contribution in [3.63, 3.8) is 0 Å². The number of β-amino-alcohol motifs (C(OH)–C–C–N with tert-alkyl or cyclic N) is 1. The first-order valence-electron chi connectivity index (χ1n) is 25.0. The van der Waals surface area contributed by atoms with Crippen LogP contribution in [-0.2, 0) is 25.7 Å². The van der Waals surface area contributed by atoms with Crippen molar-refractivity contribution < 1.29 is 39.2 Å². The zero-order valence-corrected chi connectivity index (χ0v) is 42.7. The number of phenols is 2. The van der Waals surface area contributed by atoms with Crippen LogP contribution in [0.15, 0.2) is 103 Å². The van der Waals surface area contributed by atoms with E-state index in [1.54, 1.807) is 35.6 Å². The molecule has 4 amide bonds. The van der Waals surface area contributed by atoms with Crippen LogP contribution in [0.4, 0.5) is 0 Å². The highest BCUT2D eigenvalue weighted by Gasteiger charge is 2.44. The Balaban J connectivity index is 0.844. The van der Waals surface area contributed by atoms with Gasteiger partial charge in [-0.2, -0.15) is 0 Å². The number of carbonyl (C=O) groups excluding carboxylic acids is 4. The molecule has 1 fully saturated rings. The quantitative estimate of drug-likeness (QED) is 0.0258. The van der Waals surface area contributed by atoms with Gasteiger partial charge in [-0.15, -0.1) is 11.3 Å². The van der Waals surface area contributed by atoms with Gasteiger partial charge in [0.15, 0.2) is 0 Å². The number of allylic oxidation sites excluding steroid dienone is 1. The van der Waals surface area contributed by atoms with Gasteiger partial charge >= 0.3 is 0 Å². The summed E-state index contributed by atoms with van der Waals surface area (Å²) in [5.41, 5.74) is 9.20. The molecule has 4 aromatic carbocycles. The summed E-state index contributed by atoms with van der Waals surface area (Å²) in [5.74, 6) is 0.148. The van der Waals surface area contributed by atoms with Crippen LogP contribution in [0.5, 0.6) is 17.2 Å². The molecule has 0 aliphatic carbocycles. The molecule has 378 valence electrons. The minimum atomic E-state index is -0.866. The van der Waals surface area contributed by atoms with Crippen molar-refractivity contribution in [1.82, 2.24) is 25.8 Å². The molecule has 0 saturated carbocycles. The van der Waals surface area contributed by atoms with E-state index in [0.717, 1.165) is 94.5 Å². The Morgan fingerprint density at radius 2 is 1.32 bits per heavy atom. The number of unbranched alkanes of at least 4 members (excludes halogenated alkanes) is 6. The highest BCUT2D eigenvalue weighted by molar-refractivity contribution is 7.13. The van der Waals surface area contributed by atoms with E-state index in [1.165, 1.54) is 4.90 Å². The molecule has 0 radical (unpaired) electrons. The van der Waals surface area contributed by atoms with Gasteiger partial charge in [0.1, 0.15) is 35.9 Å². The van der Waals surface area contributed by atoms with Gasteiger partial charge in [0, 0.05) is 32.4 Å². The van der Waals surface area contributed by atoms with E-state index < -0.39 is 23.6 Å². The van der Waals surface area contributed by atoms with E-state index >= 15 is 0 Å². The van der Waals surface area contributed by atoms with Crippen molar-refractivity contribution >= 4 is 46.1 Å². The van der Waals surface area contributed by atoms with Gasteiger partial charge in [0.2, 0.25) is 23.6 Å². The standard InChI is InChI=1S/C57H71N5O8S/c1-6-48(40-20-26-44(63)27-21-40)52(41-22-28-45(64)29-23-41)42-24-30-47(31-25-42)70-33-32-58-50(66)14-12-10-8-7-9-11-13-15-51(67)61-54(57(3,4)5)56(69)62-36-46(65)34-49(62)55(68)59-35-39-16-18-43(19-17-39)53-38(2)60-37-71-53/h16-31,37,46,49,54,63-65H,6-15,32-36H2,1-5H3,(H,58,66)(H,59,68)(H,61,67)/t46-,49+,54?/m1/s1. The summed E-state index contributed by atoms with van der Waals surface area (Å²) in [4.78, 5) is 60.0. The number of amides is 4. The average molecular weight is 986 g/mol. The van der Waals surface area contributed by atoms with Crippen molar-refractivity contribution in [2.24, 2.45) is 5.41 Å². The molecule has 3 atom stereocenters. The monoisotopic (exact) mass is 986 g/mol. The van der Waals surface area contributed by atoms with Gasteiger partial charge in [-0.05, 0) is 107 Å². The topological polar surface area (TPSA) is 190 Å². The van der Waals surface area contributed by atoms with E-state index in [2.05, 4.69) is 27.9 Å². The van der Waals surface area contributed by atoms with Gasteiger partial charge in [-0.3, -0.25) is 19.2 Å². The molecule has 13 nitrogen and oxygen atoms in total. The van der Waals surface area contributed by atoms with Gasteiger partial charge in [-0.25, -0.2) is 4.98 Å². The number of hydrogen-bond donors (Lipinski definition) is 6. The van der Waals surface area contributed by atoms with Gasteiger partial charge in [0.25, 0.3) is 0 Å². The average Bonchev–Trinajstić information content (AvgIpc) is 3.98. The van der Waals surface area contributed by atoms with Crippen LogP contribution in [0.2, 0.25) is 0 Å². The summed E-state index contributed by atoms with van der Waals surface area (Å²) in [6.45, 7) is 10.7. The number of nitrogens with one attached hydrogen (secondary N) is 3. The van der Waals surface area contributed by atoms with Gasteiger partial charge in [-0.1, -0.05) is 120 Å². The number of aliphatic hydroxyl groups is 1. The number of nitrogens with zero attached hydrogens (tertiary/aromatic N) is 2. The zero-order chi connectivity index (χ0) is 50.9. The molecule has 6 N–H and O–H groups in total. The molecule has 14 heteroatoms. The smallest absolute Gasteiger partial charge is 0.246 e. The van der Waals surface area contributed by atoms with E-state index in [0.29, 0.717) is 31.7 Å². The Bertz CT molecular complexity index is 2550. The number of rotatable bonds is 24. The first-order valence-corrected chi connectivity index (χ1v) is 25.9. The molecule has 1 aliphatic rings. The van der Waals surface area contributed by atoms with Crippen molar-refractivity contribution in [2.75, 3.05) is 19.7 Å². The number of hydrogen-bond acceptors (Lipinski definition) is 10. The van der Waals surface area contributed by atoms with E-state index in [-0.39, 0.29) is 61.1 Å². The SMILES string of the molecule is CCC(=C(c1ccc(O)cc1)c1ccc(OCCNC(=O)CCCCCCCCCC(=O)NC(C(=O)N2C[C@H](O)C[C@H]2C(=O)NCc2ccc(-c3scnc3C)cc2)C(C)(C)C)cc1)c1ccc(O)cc1. The number of aromatic hydroxyl groups is 2. The van der Waals surface area contributed by atoms with E-state index in [4.69, 9.17) is 4.74 Å². The Kier molecular flexibility index (Phi) is 19.8. The fourth-order valence-corrected chi connectivity index (χ4v) is 9.78. The van der Waals surface area contributed by atoms with Crippen LogP contribution in [0.3, 0.4) is 0 Å². The molecule has 71 heavy (non-hydrogen) atoms. The highest BCUT2D eigenvalue weighted by Crippen LogP contribution is 2.36. The number of aromatic nitrogens is 1. The van der Waals surface area contributed by atoms with Crippen molar-refractivity contribution in [1.29, 1.82) is 0 Å². The van der Waals surface area contributed by atoms with Crippen LogP contribution in [0.25, 0.3) is 21.6 Å². The number of aryl methyl sites for hydroxylation is 1. The van der Waals surface area contributed by atoms with Gasteiger partial charge < -0.3 is 40.9 Å². The fourth-order valence-electron chi connectivity index (χ4n) is 8.97. The Morgan fingerprint density at radius 3 is 1.89 bits per heavy atom. The lowest BCUT2D eigenvalue weighted by molar-refractivity contribution is -0.144. The molecule has 0 bridgehead atoms. The highest BCUT2D eigenvalue weighted by atomic mass is 32.1. The number of carbonyl (C=O) groups is 4. The fraction of sp³-hybridized carbons (Fsp3) is 0.421. The lowest BCUT2D eigenvalue weighted by atomic mass is 9.85. The Hall–Kier alpha value is -6.51. The summed E-state index contributed by atoms with van der Waals surface area (Å²) in [5, 5.41) is 39.3. The Labute approximate surface area is 422 Å². The molecular weight excluding hydrogens is 915 g/mol. The number of thiazole rings is 1. The number of likely N-dealkylation sites (tertiary alicyclic amines) is 1. The maximum Gasteiger partial charge on any atom is 0.246 e. The maximum absolute atomic E-state index is 14.0. The molecular formula is C57H71N5O8S. The maximum atomic E-state index is 14.0. The van der Waals surface area contributed by atoms with Crippen molar-refractivity contribution in [3.8, 4) is 27.7 Å². The molecule has 1 aliphatic heterocycles. The van der Waals surface area contributed by atoms with Crippen LogP contribution in [0, 0.1) is 12.3 Å². The Morgan fingerprint density at radius 1 is 0.761 bits per heavy atom. The minimum absolute atomic E-state index is 0.00745. The predicted octanol–water partition coefficient (Wildman–Crippen LogP) is 9.71. The lowest BCUT2D eigenvalue weighted by Crippen LogP contribution is -2.57. The van der Waals surface area contributed by atoms with Crippen LogP contribution < -0.4 is 20.7 Å². The summed E-state index contributed by atoms with van der Waals surface area (Å²) < 4.78 is 5.96. The second-order valence-corrected chi connectivity index (χ2v) is 20.3. The molecule has 0 spiro atoms. The minimum Gasteiger partial charge on any atom is -0.508 e. The van der Waals surface area contributed by atoms with Crippen molar-refractivity contribution in [2.45, 2.75) is 130 Å². The van der Waals surface area contributed by atoms with Gasteiger partial charge in [0.05, 0.1) is 28.7 Å². The second kappa shape index (κ2) is 26.1. The molecule has 1 unspecified atom stereocenters. The number of aliphatic hydroxyl groups excluding tert-OH is 1. The summed E-state index contributed by atoms with van der Waals surface area (Å²) in [6, 6.07) is 28.4. The summed E-state index contributed by atoms with van der Waals surface area (Å²) in [6.07, 6.45) is 7.00. The summed E-state index contributed by atoms with van der Waals surface area (Å²) >= 11 is 1.58. The number of ether oxygens (including phenoxy) is 1. The largest absolute Gasteiger partial charge is 0.508 e. The third-order valence-electron chi connectivity index (χ3n) is 12.9. The number of phenolic OH excluding ortho intramolecular Hbond substituents is 2. The molecule has 1 aromatic heterocycles. The van der Waals surface area contributed by atoms with Crippen LogP contribution in [0.1, 0.15) is 126 Å². The third-order valence-corrected chi connectivity index (χ3v) is 13.9. The summed E-state index contributed by atoms with van der Waals surface area (Å²) in [7, 11) is 0. The second-order valence-electron chi connectivity index (χ2n) is 19.4. The molecule has 6 rings (SSSR count).